The molecular weight excluding hydrogens is 618 g/mol. The van der Waals surface area contributed by atoms with E-state index < -0.39 is 0 Å². The lowest BCUT2D eigenvalue weighted by molar-refractivity contribution is 0.206. The van der Waals surface area contributed by atoms with Gasteiger partial charge in [-0.05, 0) is 75.9 Å². The fourth-order valence-electron chi connectivity index (χ4n) is 3.14. The Morgan fingerprint density at radius 2 is 1.85 bits per heavy atom. The van der Waals surface area contributed by atoms with Crippen LogP contribution in [0.1, 0.15) is 57.8 Å². The maximum atomic E-state index is 13.3. The van der Waals surface area contributed by atoms with Crippen molar-refractivity contribution in [1.29, 1.82) is 0 Å². The molecule has 0 bridgehead atoms. The highest BCUT2D eigenvalue weighted by atomic mass is 79.9. The molecule has 6 nitrogen and oxygen atoms in total. The van der Waals surface area contributed by atoms with Crippen LogP contribution in [0.4, 0.5) is 0 Å². The summed E-state index contributed by atoms with van der Waals surface area (Å²) in [5.41, 5.74) is 1.17. The van der Waals surface area contributed by atoms with E-state index in [2.05, 4.69) is 66.7 Å². The average molecular weight is 644 g/mol. The summed E-state index contributed by atoms with van der Waals surface area (Å²) in [7, 11) is 1.59. The van der Waals surface area contributed by atoms with Gasteiger partial charge in [0.05, 0.1) is 34.8 Å². The molecule has 33 heavy (non-hydrogen) atoms. The summed E-state index contributed by atoms with van der Waals surface area (Å²) in [4.78, 5) is 18.1. The highest BCUT2D eigenvalue weighted by molar-refractivity contribution is 9.13. The van der Waals surface area contributed by atoms with E-state index in [4.69, 9.17) is 14.5 Å². The van der Waals surface area contributed by atoms with Crippen molar-refractivity contribution in [2.75, 3.05) is 7.11 Å². The molecule has 0 N–H and O–H groups in total. The largest absolute Gasteiger partial charge is 0.493 e. The van der Waals surface area contributed by atoms with E-state index in [0.717, 1.165) is 31.8 Å². The Kier molecular flexibility index (Phi) is 8.75. The molecule has 0 fully saturated rings. The molecule has 2 atom stereocenters. The topological polar surface area (TPSA) is 65.7 Å². The third kappa shape index (κ3) is 5.52. The first kappa shape index (κ1) is 25.9. The van der Waals surface area contributed by atoms with Gasteiger partial charge in [0.1, 0.15) is 5.82 Å². The van der Waals surface area contributed by atoms with E-state index in [9.17, 15) is 4.79 Å². The van der Waals surface area contributed by atoms with Gasteiger partial charge in [0, 0.05) is 20.4 Å². The Labute approximate surface area is 218 Å². The molecule has 1 aromatic heterocycles. The molecule has 0 saturated carbocycles. The fourth-order valence-corrected chi connectivity index (χ4v) is 4.42. The molecule has 0 saturated heterocycles. The lowest BCUT2D eigenvalue weighted by atomic mass is 10.1. The molecule has 9 heteroatoms. The first-order valence-electron chi connectivity index (χ1n) is 10.7. The number of fused-ring (bicyclic) bond motifs is 1. The van der Waals surface area contributed by atoms with E-state index in [-0.39, 0.29) is 17.6 Å². The molecule has 0 radical (unpaired) electrons. The van der Waals surface area contributed by atoms with Crippen molar-refractivity contribution in [3.63, 3.8) is 0 Å². The minimum Gasteiger partial charge on any atom is -0.493 e. The predicted octanol–water partition coefficient (Wildman–Crippen LogP) is 7.27. The number of hydrogen-bond acceptors (Lipinski definition) is 5. The normalized spacial score (nSPS) is 13.5. The number of ether oxygens (including phenoxy) is 2. The number of benzene rings is 2. The van der Waals surface area contributed by atoms with Crippen molar-refractivity contribution in [2.45, 2.75) is 52.6 Å². The van der Waals surface area contributed by atoms with Crippen molar-refractivity contribution in [3.05, 3.63) is 59.4 Å². The van der Waals surface area contributed by atoms with Crippen LogP contribution in [0, 0.1) is 0 Å². The Morgan fingerprint density at radius 3 is 2.48 bits per heavy atom. The van der Waals surface area contributed by atoms with Gasteiger partial charge in [0.15, 0.2) is 11.5 Å². The lowest BCUT2D eigenvalue weighted by Crippen LogP contribution is -2.23. The second kappa shape index (κ2) is 11.1. The summed E-state index contributed by atoms with van der Waals surface area (Å²) in [6.45, 7) is 8.16. The van der Waals surface area contributed by atoms with Crippen molar-refractivity contribution in [3.8, 4) is 11.5 Å². The molecule has 0 amide bonds. The van der Waals surface area contributed by atoms with Gasteiger partial charge in [-0.2, -0.15) is 9.78 Å². The maximum absolute atomic E-state index is 13.3. The van der Waals surface area contributed by atoms with Crippen molar-refractivity contribution < 1.29 is 9.47 Å². The number of halogens is 3. The second-order valence-corrected chi connectivity index (χ2v) is 10.3. The van der Waals surface area contributed by atoms with Crippen molar-refractivity contribution in [1.82, 2.24) is 9.66 Å². The Morgan fingerprint density at radius 1 is 1.12 bits per heavy atom. The van der Waals surface area contributed by atoms with E-state index >= 15 is 0 Å². The molecule has 0 aliphatic rings. The predicted molar refractivity (Wildman–Crippen MR) is 144 cm³/mol. The minimum atomic E-state index is -0.216. The Balaban J connectivity index is 2.16. The summed E-state index contributed by atoms with van der Waals surface area (Å²) in [5, 5.41) is 5.07. The molecule has 176 valence electrons. The quantitative estimate of drug-likeness (QED) is 0.242. The van der Waals surface area contributed by atoms with Crippen LogP contribution in [0.5, 0.6) is 11.5 Å². The van der Waals surface area contributed by atoms with Gasteiger partial charge in [-0.15, -0.1) is 0 Å². The third-order valence-corrected chi connectivity index (χ3v) is 8.10. The SMILES string of the molecule is CC[C@@H](C)c1nc2ccc(Br)cc2c(=O)n1N=Cc1cc(OC)c(O[C@@H](C)CC)c(Br)c1Br. The molecule has 2 aromatic carbocycles. The zero-order valence-corrected chi connectivity index (χ0v) is 23.9. The number of aromatic nitrogens is 2. The zero-order chi connectivity index (χ0) is 24.3. The highest BCUT2D eigenvalue weighted by Gasteiger charge is 2.19. The molecule has 0 unspecified atom stereocenters. The van der Waals surface area contributed by atoms with Gasteiger partial charge < -0.3 is 9.47 Å². The van der Waals surface area contributed by atoms with Gasteiger partial charge in [-0.25, -0.2) is 4.98 Å². The number of rotatable bonds is 8. The molecule has 1 heterocycles. The maximum Gasteiger partial charge on any atom is 0.282 e. The summed E-state index contributed by atoms with van der Waals surface area (Å²) in [5.74, 6) is 1.86. The van der Waals surface area contributed by atoms with E-state index in [0.29, 0.717) is 28.2 Å². The standard InChI is InChI=1S/C24H26Br3N3O3/c1-6-13(3)23-29-18-9-8-16(25)11-17(18)24(31)30(23)28-12-15-10-19(32-5)22(21(27)20(15)26)33-14(4)7-2/h8-14H,6-7H2,1-5H3/t13-,14+/m1/s1. The van der Waals surface area contributed by atoms with Gasteiger partial charge in [0.2, 0.25) is 0 Å². The summed E-state index contributed by atoms with van der Waals surface area (Å²) in [6, 6.07) is 7.32. The second-order valence-electron chi connectivity index (χ2n) is 7.76. The van der Waals surface area contributed by atoms with Crippen LogP contribution in [-0.2, 0) is 0 Å². The molecule has 0 spiro atoms. The van der Waals surface area contributed by atoms with Gasteiger partial charge in [0.25, 0.3) is 5.56 Å². The smallest absolute Gasteiger partial charge is 0.282 e. The van der Waals surface area contributed by atoms with Crippen LogP contribution in [0.3, 0.4) is 0 Å². The summed E-state index contributed by atoms with van der Waals surface area (Å²) in [6.07, 6.45) is 3.35. The van der Waals surface area contributed by atoms with Gasteiger partial charge in [-0.3, -0.25) is 4.79 Å². The minimum absolute atomic E-state index is 0.0290. The zero-order valence-electron chi connectivity index (χ0n) is 19.2. The fraction of sp³-hybridized carbons (Fsp3) is 0.375. The number of hydrogen-bond donors (Lipinski definition) is 0. The van der Waals surface area contributed by atoms with Crippen molar-refractivity contribution in [2.24, 2.45) is 5.10 Å². The van der Waals surface area contributed by atoms with Gasteiger partial charge in [-0.1, -0.05) is 36.7 Å². The molecule has 0 aliphatic carbocycles. The summed E-state index contributed by atoms with van der Waals surface area (Å²) < 4.78 is 15.3. The Bertz CT molecular complexity index is 1260. The van der Waals surface area contributed by atoms with Crippen molar-refractivity contribution >= 4 is 64.9 Å². The molecule has 3 aromatic rings. The number of methoxy groups -OCH3 is 1. The molecule has 0 aliphatic heterocycles. The molecular formula is C24H26Br3N3O3. The average Bonchev–Trinajstić information content (AvgIpc) is 2.81. The summed E-state index contributed by atoms with van der Waals surface area (Å²) >= 11 is 10.7. The van der Waals surface area contributed by atoms with E-state index in [1.165, 1.54) is 4.68 Å². The monoisotopic (exact) mass is 641 g/mol. The number of nitrogens with zero attached hydrogens (tertiary/aromatic N) is 3. The van der Waals surface area contributed by atoms with E-state index in [1.54, 1.807) is 19.4 Å². The van der Waals surface area contributed by atoms with Crippen LogP contribution < -0.4 is 15.0 Å². The van der Waals surface area contributed by atoms with E-state index in [1.807, 2.05) is 32.0 Å². The van der Waals surface area contributed by atoms with Crippen LogP contribution in [0.25, 0.3) is 10.9 Å². The van der Waals surface area contributed by atoms with Crippen LogP contribution in [0.2, 0.25) is 0 Å². The first-order valence-corrected chi connectivity index (χ1v) is 13.1. The van der Waals surface area contributed by atoms with Crippen LogP contribution >= 0.6 is 47.8 Å². The van der Waals surface area contributed by atoms with Crippen LogP contribution in [0.15, 0.2) is 47.6 Å². The molecule has 3 rings (SSSR count). The van der Waals surface area contributed by atoms with Gasteiger partial charge >= 0.3 is 0 Å². The highest BCUT2D eigenvalue weighted by Crippen LogP contribution is 2.43. The Hall–Kier alpha value is -1.71. The third-order valence-electron chi connectivity index (χ3n) is 5.47. The van der Waals surface area contributed by atoms with Crippen LogP contribution in [-0.4, -0.2) is 29.1 Å². The first-order chi connectivity index (χ1) is 15.7. The lowest BCUT2D eigenvalue weighted by Gasteiger charge is -2.19.